The molecule has 0 aliphatic rings. The molecule has 0 spiro atoms. The minimum absolute atomic E-state index is 0.0607. The van der Waals surface area contributed by atoms with Gasteiger partial charge in [-0.2, -0.15) is 0 Å². The van der Waals surface area contributed by atoms with Crippen molar-refractivity contribution >= 4 is 0 Å². The second-order valence-electron chi connectivity index (χ2n) is 3.22. The number of ether oxygens (including phenoxy) is 1. The molecule has 0 saturated heterocycles. The molecule has 0 bridgehead atoms. The first kappa shape index (κ1) is 10.9. The van der Waals surface area contributed by atoms with Gasteiger partial charge in [0.25, 0.3) is 0 Å². The monoisotopic (exact) mass is 208 g/mol. The number of hydrogen-bond acceptors (Lipinski definition) is 2. The van der Waals surface area contributed by atoms with E-state index in [1.54, 1.807) is 0 Å². The molecule has 6 heteroatoms. The second-order valence-corrected chi connectivity index (χ2v) is 3.22. The maximum atomic E-state index is 11.9. The third kappa shape index (κ3) is 2.40. The zero-order valence-electron chi connectivity index (χ0n) is 8.09. The molecule has 1 heterocycles. The van der Waals surface area contributed by atoms with E-state index >= 15 is 0 Å². The molecule has 1 aromatic rings. The van der Waals surface area contributed by atoms with E-state index in [1.165, 1.54) is 11.6 Å². The second kappa shape index (κ2) is 3.51. The van der Waals surface area contributed by atoms with Crippen molar-refractivity contribution in [3.63, 3.8) is 0 Å². The summed E-state index contributed by atoms with van der Waals surface area (Å²) in [5.41, 5.74) is 0. The van der Waals surface area contributed by atoms with Crippen LogP contribution in [-0.2, 0) is 7.05 Å². The lowest BCUT2D eigenvalue weighted by molar-refractivity contribution is -0.277. The van der Waals surface area contributed by atoms with Gasteiger partial charge < -0.3 is 9.30 Å². The smallest absolute Gasteiger partial charge is 0.388 e. The molecule has 0 radical (unpaired) electrons. The Morgan fingerprint density at radius 3 is 2.36 bits per heavy atom. The highest BCUT2D eigenvalue weighted by Gasteiger charge is 2.32. The lowest BCUT2D eigenvalue weighted by Gasteiger charge is -2.10. The quantitative estimate of drug-likeness (QED) is 0.746. The first-order chi connectivity index (χ1) is 6.31. The van der Waals surface area contributed by atoms with Crippen LogP contribution < -0.4 is 4.74 Å². The summed E-state index contributed by atoms with van der Waals surface area (Å²) >= 11 is 0. The first-order valence-corrected chi connectivity index (χ1v) is 4.08. The number of halogens is 3. The normalized spacial score (nSPS) is 12.2. The molecule has 80 valence electrons. The van der Waals surface area contributed by atoms with Gasteiger partial charge in [-0.15, -0.1) is 13.2 Å². The van der Waals surface area contributed by atoms with Gasteiger partial charge >= 0.3 is 6.36 Å². The Morgan fingerprint density at radius 2 is 2.00 bits per heavy atom. The zero-order chi connectivity index (χ0) is 10.9. The number of aromatic nitrogens is 2. The summed E-state index contributed by atoms with van der Waals surface area (Å²) in [5.74, 6) is 0.330. The van der Waals surface area contributed by atoms with Crippen molar-refractivity contribution in [2.75, 3.05) is 0 Å². The molecule has 3 nitrogen and oxygen atoms in total. The van der Waals surface area contributed by atoms with Crippen LogP contribution in [0.15, 0.2) is 6.20 Å². The lowest BCUT2D eigenvalue weighted by atomic mass is 10.2. The third-order valence-electron chi connectivity index (χ3n) is 1.72. The summed E-state index contributed by atoms with van der Waals surface area (Å²) in [7, 11) is 1.49. The predicted octanol–water partition coefficient (Wildman–Crippen LogP) is 2.44. The molecule has 0 aliphatic carbocycles. The highest BCUT2D eigenvalue weighted by atomic mass is 19.4. The molecule has 0 aliphatic heterocycles. The van der Waals surface area contributed by atoms with Crippen molar-refractivity contribution in [3.8, 4) is 5.88 Å². The highest BCUT2D eigenvalue weighted by Crippen LogP contribution is 2.24. The summed E-state index contributed by atoms with van der Waals surface area (Å²) in [4.78, 5) is 3.84. The fourth-order valence-corrected chi connectivity index (χ4v) is 1.16. The average Bonchev–Trinajstić information content (AvgIpc) is 2.29. The highest BCUT2D eigenvalue weighted by molar-refractivity contribution is 5.13. The summed E-state index contributed by atoms with van der Waals surface area (Å²) in [5, 5.41) is 0. The van der Waals surface area contributed by atoms with Crippen LogP contribution in [0.3, 0.4) is 0 Å². The fourth-order valence-electron chi connectivity index (χ4n) is 1.16. The van der Waals surface area contributed by atoms with Gasteiger partial charge in [0.1, 0.15) is 5.82 Å². The molecule has 0 aromatic carbocycles. The number of alkyl halides is 3. The molecule has 0 amide bonds. The van der Waals surface area contributed by atoms with Crippen molar-refractivity contribution in [1.82, 2.24) is 9.55 Å². The molecule has 14 heavy (non-hydrogen) atoms. The van der Waals surface area contributed by atoms with Gasteiger partial charge in [0.15, 0.2) is 0 Å². The molecular formula is C8H11F3N2O. The number of nitrogens with zero attached hydrogens (tertiary/aromatic N) is 2. The van der Waals surface area contributed by atoms with Crippen molar-refractivity contribution in [3.05, 3.63) is 12.0 Å². The molecule has 1 aromatic heterocycles. The minimum Gasteiger partial charge on any atom is -0.388 e. The van der Waals surface area contributed by atoms with Gasteiger partial charge in [-0.05, 0) is 0 Å². The summed E-state index contributed by atoms with van der Waals surface area (Å²) in [6.45, 7) is 3.69. The van der Waals surface area contributed by atoms with E-state index in [4.69, 9.17) is 0 Å². The maximum Gasteiger partial charge on any atom is 0.574 e. The van der Waals surface area contributed by atoms with Crippen LogP contribution in [0, 0.1) is 0 Å². The molecule has 0 atom stereocenters. The third-order valence-corrected chi connectivity index (χ3v) is 1.72. The Morgan fingerprint density at radius 1 is 1.43 bits per heavy atom. The average molecular weight is 208 g/mol. The van der Waals surface area contributed by atoms with Gasteiger partial charge in [-0.3, -0.25) is 0 Å². The number of imidazole rings is 1. The lowest BCUT2D eigenvalue weighted by Crippen LogP contribution is -2.19. The molecular weight excluding hydrogens is 197 g/mol. The summed E-state index contributed by atoms with van der Waals surface area (Å²) in [6, 6.07) is 0. The SMILES string of the molecule is CC(C)c1ncc(OC(F)(F)F)n1C. The van der Waals surface area contributed by atoms with E-state index in [1.807, 2.05) is 13.8 Å². The van der Waals surface area contributed by atoms with Crippen LogP contribution in [0.1, 0.15) is 25.6 Å². The van der Waals surface area contributed by atoms with Gasteiger partial charge in [-0.1, -0.05) is 13.8 Å². The zero-order valence-corrected chi connectivity index (χ0v) is 8.09. The van der Waals surface area contributed by atoms with Crippen LogP contribution in [0.25, 0.3) is 0 Å². The van der Waals surface area contributed by atoms with Crippen LogP contribution in [0.2, 0.25) is 0 Å². The molecule has 1 rings (SSSR count). The largest absolute Gasteiger partial charge is 0.574 e. The molecule has 0 saturated carbocycles. The van der Waals surface area contributed by atoms with E-state index in [2.05, 4.69) is 9.72 Å². The van der Waals surface area contributed by atoms with E-state index < -0.39 is 6.36 Å². The number of hydrogen-bond donors (Lipinski definition) is 0. The van der Waals surface area contributed by atoms with E-state index in [0.29, 0.717) is 5.82 Å². The van der Waals surface area contributed by atoms with Gasteiger partial charge in [0.2, 0.25) is 5.88 Å². The molecule has 0 fully saturated rings. The summed E-state index contributed by atoms with van der Waals surface area (Å²) < 4.78 is 40.7. The topological polar surface area (TPSA) is 27.1 Å². The fraction of sp³-hybridized carbons (Fsp3) is 0.625. The standard InChI is InChI=1S/C8H11F3N2O/c1-5(2)7-12-4-6(13(7)3)14-8(9,10)11/h4-5H,1-3H3. The van der Waals surface area contributed by atoms with Gasteiger partial charge in [0.05, 0.1) is 6.20 Å². The minimum atomic E-state index is -4.66. The van der Waals surface area contributed by atoms with E-state index in [0.717, 1.165) is 6.20 Å². The predicted molar refractivity (Wildman–Crippen MR) is 44.0 cm³/mol. The van der Waals surface area contributed by atoms with Gasteiger partial charge in [-0.25, -0.2) is 4.98 Å². The van der Waals surface area contributed by atoms with Crippen molar-refractivity contribution < 1.29 is 17.9 Å². The Labute approximate surface area is 79.5 Å². The Hall–Kier alpha value is -1.20. The van der Waals surface area contributed by atoms with Crippen molar-refractivity contribution in [2.24, 2.45) is 7.05 Å². The van der Waals surface area contributed by atoms with Crippen molar-refractivity contribution in [1.29, 1.82) is 0 Å². The maximum absolute atomic E-state index is 11.9. The molecule has 0 unspecified atom stereocenters. The van der Waals surface area contributed by atoms with Gasteiger partial charge in [0, 0.05) is 13.0 Å². The molecule has 0 N–H and O–H groups in total. The number of rotatable bonds is 2. The Kier molecular flexibility index (Phi) is 2.73. The van der Waals surface area contributed by atoms with Crippen molar-refractivity contribution in [2.45, 2.75) is 26.1 Å². The Balaban J connectivity index is 2.91. The first-order valence-electron chi connectivity index (χ1n) is 4.08. The van der Waals surface area contributed by atoms with Crippen LogP contribution in [-0.4, -0.2) is 15.9 Å². The van der Waals surface area contributed by atoms with Crippen LogP contribution >= 0.6 is 0 Å². The summed E-state index contributed by atoms with van der Waals surface area (Å²) in [6.07, 6.45) is -3.59. The van der Waals surface area contributed by atoms with E-state index in [-0.39, 0.29) is 11.8 Å². The Bertz CT molecular complexity index is 317. The van der Waals surface area contributed by atoms with E-state index in [9.17, 15) is 13.2 Å². The van der Waals surface area contributed by atoms with Crippen LogP contribution in [0.4, 0.5) is 13.2 Å². The van der Waals surface area contributed by atoms with Crippen LogP contribution in [0.5, 0.6) is 5.88 Å².